The lowest BCUT2D eigenvalue weighted by Gasteiger charge is -2.13. The minimum Gasteiger partial charge on any atom is -0.497 e. The van der Waals surface area contributed by atoms with Gasteiger partial charge in [0.05, 0.1) is 26.9 Å². The lowest BCUT2D eigenvalue weighted by atomic mass is 10.1. The van der Waals surface area contributed by atoms with Crippen molar-refractivity contribution in [2.75, 3.05) is 34.5 Å². The van der Waals surface area contributed by atoms with E-state index in [-0.39, 0.29) is 18.4 Å². The van der Waals surface area contributed by atoms with Gasteiger partial charge in [0, 0.05) is 13.1 Å². The molecule has 184 valence electrons. The first kappa shape index (κ1) is 25.4. The van der Waals surface area contributed by atoms with Crippen LogP contribution in [0.3, 0.4) is 0 Å². The summed E-state index contributed by atoms with van der Waals surface area (Å²) in [6.45, 7) is 0.585. The number of rotatable bonds is 12. The second kappa shape index (κ2) is 12.9. The van der Waals surface area contributed by atoms with Gasteiger partial charge in [0.25, 0.3) is 11.8 Å². The van der Waals surface area contributed by atoms with Gasteiger partial charge in [0.15, 0.2) is 18.1 Å². The van der Waals surface area contributed by atoms with Gasteiger partial charge in [0.1, 0.15) is 11.5 Å². The summed E-state index contributed by atoms with van der Waals surface area (Å²) in [5.41, 5.74) is 2.30. The van der Waals surface area contributed by atoms with Crippen LogP contribution in [0.2, 0.25) is 0 Å². The fourth-order valence-electron chi connectivity index (χ4n) is 3.37. The first-order valence-electron chi connectivity index (χ1n) is 11.1. The van der Waals surface area contributed by atoms with Gasteiger partial charge in [-0.3, -0.25) is 9.59 Å². The molecule has 3 rings (SSSR count). The van der Waals surface area contributed by atoms with Gasteiger partial charge in [-0.15, -0.1) is 0 Å². The Hall–Kier alpha value is -4.20. The Morgan fingerprint density at radius 3 is 2.17 bits per heavy atom. The molecule has 0 spiro atoms. The highest BCUT2D eigenvalue weighted by atomic mass is 16.5. The van der Waals surface area contributed by atoms with Crippen molar-refractivity contribution in [2.24, 2.45) is 0 Å². The molecule has 2 amide bonds. The highest BCUT2D eigenvalue weighted by Gasteiger charge is 2.13. The van der Waals surface area contributed by atoms with Gasteiger partial charge in [-0.1, -0.05) is 30.3 Å². The van der Waals surface area contributed by atoms with Crippen LogP contribution in [-0.2, 0) is 17.8 Å². The van der Waals surface area contributed by atoms with Crippen LogP contribution in [0.1, 0.15) is 21.5 Å². The molecule has 0 saturated heterocycles. The summed E-state index contributed by atoms with van der Waals surface area (Å²) in [6.07, 6.45) is 0.614. The number of benzene rings is 3. The minimum atomic E-state index is -0.288. The molecule has 2 N–H and O–H groups in total. The van der Waals surface area contributed by atoms with E-state index in [0.717, 1.165) is 16.9 Å². The van der Waals surface area contributed by atoms with E-state index in [2.05, 4.69) is 10.6 Å². The maximum absolute atomic E-state index is 12.7. The molecule has 0 fully saturated rings. The summed E-state index contributed by atoms with van der Waals surface area (Å²) in [5, 5.41) is 5.70. The second-order valence-electron chi connectivity index (χ2n) is 7.60. The van der Waals surface area contributed by atoms with E-state index >= 15 is 0 Å². The highest BCUT2D eigenvalue weighted by molar-refractivity contribution is 5.97. The summed E-state index contributed by atoms with van der Waals surface area (Å²) in [5.74, 6) is 1.82. The maximum atomic E-state index is 12.7. The van der Waals surface area contributed by atoms with E-state index in [1.54, 1.807) is 45.6 Å². The Morgan fingerprint density at radius 2 is 1.46 bits per heavy atom. The monoisotopic (exact) mass is 478 g/mol. The molecule has 0 saturated carbocycles. The number of amides is 2. The predicted octanol–water partition coefficient (Wildman–Crippen LogP) is 3.38. The third-order valence-corrected chi connectivity index (χ3v) is 5.29. The number of hydrogen-bond donors (Lipinski definition) is 2. The van der Waals surface area contributed by atoms with Crippen molar-refractivity contribution in [3.05, 3.63) is 83.4 Å². The van der Waals surface area contributed by atoms with Crippen molar-refractivity contribution in [3.8, 4) is 23.0 Å². The van der Waals surface area contributed by atoms with Crippen LogP contribution in [0.5, 0.6) is 23.0 Å². The topological polar surface area (TPSA) is 95.1 Å². The summed E-state index contributed by atoms with van der Waals surface area (Å²) in [4.78, 5) is 25.0. The predicted molar refractivity (Wildman–Crippen MR) is 132 cm³/mol. The SMILES string of the molecule is COc1ccc(CNC(=O)COc2ccccc2C(=O)NCCc2ccc(OC)c(OC)c2)cc1. The van der Waals surface area contributed by atoms with Crippen molar-refractivity contribution >= 4 is 11.8 Å². The van der Waals surface area contributed by atoms with E-state index in [1.807, 2.05) is 42.5 Å². The lowest BCUT2D eigenvalue weighted by Crippen LogP contribution is -2.29. The molecule has 3 aromatic carbocycles. The van der Waals surface area contributed by atoms with Crippen molar-refractivity contribution in [1.82, 2.24) is 10.6 Å². The Balaban J connectivity index is 1.49. The summed E-state index contributed by atoms with van der Waals surface area (Å²) >= 11 is 0. The lowest BCUT2D eigenvalue weighted by molar-refractivity contribution is -0.123. The Kier molecular flexibility index (Phi) is 9.36. The molecule has 8 heteroatoms. The minimum absolute atomic E-state index is 0.202. The molecule has 0 aliphatic rings. The fourth-order valence-corrected chi connectivity index (χ4v) is 3.37. The van der Waals surface area contributed by atoms with Crippen LogP contribution in [0, 0.1) is 0 Å². The molecular weight excluding hydrogens is 448 g/mol. The zero-order chi connectivity index (χ0) is 25.0. The largest absolute Gasteiger partial charge is 0.497 e. The van der Waals surface area contributed by atoms with Crippen LogP contribution in [0.25, 0.3) is 0 Å². The van der Waals surface area contributed by atoms with Crippen LogP contribution < -0.4 is 29.6 Å². The third kappa shape index (κ3) is 7.40. The molecule has 35 heavy (non-hydrogen) atoms. The van der Waals surface area contributed by atoms with Crippen LogP contribution >= 0.6 is 0 Å². The fraction of sp³-hybridized carbons (Fsp3) is 0.259. The number of carbonyl (C=O) groups is 2. The van der Waals surface area contributed by atoms with Crippen LogP contribution in [0.4, 0.5) is 0 Å². The molecule has 3 aromatic rings. The Bertz CT molecular complexity index is 1130. The number of ether oxygens (including phenoxy) is 4. The Morgan fingerprint density at radius 1 is 0.743 bits per heavy atom. The highest BCUT2D eigenvalue weighted by Crippen LogP contribution is 2.27. The van der Waals surface area contributed by atoms with E-state index in [1.165, 1.54) is 0 Å². The summed E-state index contributed by atoms with van der Waals surface area (Å²) in [7, 11) is 4.77. The molecule has 0 aromatic heterocycles. The molecule has 0 aliphatic carbocycles. The van der Waals surface area contributed by atoms with Crippen molar-refractivity contribution < 1.29 is 28.5 Å². The molecule has 0 radical (unpaired) electrons. The third-order valence-electron chi connectivity index (χ3n) is 5.29. The van der Waals surface area contributed by atoms with E-state index in [4.69, 9.17) is 18.9 Å². The zero-order valence-electron chi connectivity index (χ0n) is 20.1. The van der Waals surface area contributed by atoms with E-state index in [9.17, 15) is 9.59 Å². The first-order valence-corrected chi connectivity index (χ1v) is 11.1. The van der Waals surface area contributed by atoms with Gasteiger partial charge < -0.3 is 29.6 Å². The van der Waals surface area contributed by atoms with Gasteiger partial charge in [0.2, 0.25) is 0 Å². The van der Waals surface area contributed by atoms with E-state index in [0.29, 0.717) is 42.3 Å². The van der Waals surface area contributed by atoms with Crippen LogP contribution in [-0.4, -0.2) is 46.3 Å². The maximum Gasteiger partial charge on any atom is 0.258 e. The molecule has 0 heterocycles. The van der Waals surface area contributed by atoms with Gasteiger partial charge in [-0.2, -0.15) is 0 Å². The number of para-hydroxylation sites is 1. The average molecular weight is 479 g/mol. The molecule has 0 atom stereocenters. The van der Waals surface area contributed by atoms with Gasteiger partial charge in [-0.05, 0) is 53.9 Å². The first-order chi connectivity index (χ1) is 17.0. The summed E-state index contributed by atoms with van der Waals surface area (Å²) < 4.78 is 21.3. The zero-order valence-corrected chi connectivity index (χ0v) is 20.1. The quantitative estimate of drug-likeness (QED) is 0.415. The second-order valence-corrected chi connectivity index (χ2v) is 7.60. The van der Waals surface area contributed by atoms with Gasteiger partial charge >= 0.3 is 0 Å². The normalized spacial score (nSPS) is 10.3. The molecule has 0 unspecified atom stereocenters. The number of carbonyl (C=O) groups excluding carboxylic acids is 2. The average Bonchev–Trinajstić information content (AvgIpc) is 2.90. The smallest absolute Gasteiger partial charge is 0.258 e. The van der Waals surface area contributed by atoms with Crippen molar-refractivity contribution in [2.45, 2.75) is 13.0 Å². The Labute approximate surface area is 205 Å². The molecule has 0 bridgehead atoms. The van der Waals surface area contributed by atoms with Crippen LogP contribution in [0.15, 0.2) is 66.7 Å². The standard InChI is InChI=1S/C27H30N2O6/c1-32-21-11-8-20(9-12-21)17-29-26(30)18-35-23-7-5-4-6-22(23)27(31)28-15-14-19-10-13-24(33-2)25(16-19)34-3/h4-13,16H,14-15,17-18H2,1-3H3,(H,28,31)(H,29,30). The molecular formula is C27H30N2O6. The van der Waals surface area contributed by atoms with Gasteiger partial charge in [-0.25, -0.2) is 0 Å². The number of hydrogen-bond acceptors (Lipinski definition) is 6. The van der Waals surface area contributed by atoms with Crippen molar-refractivity contribution in [3.63, 3.8) is 0 Å². The molecule has 0 aliphatic heterocycles. The van der Waals surface area contributed by atoms with E-state index < -0.39 is 0 Å². The summed E-state index contributed by atoms with van der Waals surface area (Å²) in [6, 6.07) is 19.9. The molecule has 8 nitrogen and oxygen atoms in total. The van der Waals surface area contributed by atoms with Crippen molar-refractivity contribution in [1.29, 1.82) is 0 Å². The number of methoxy groups -OCH3 is 3. The number of nitrogens with one attached hydrogen (secondary N) is 2.